The van der Waals surface area contributed by atoms with Gasteiger partial charge < -0.3 is 5.32 Å². The van der Waals surface area contributed by atoms with Crippen LogP contribution in [-0.4, -0.2) is 37.8 Å². The number of hydrogen-bond donors (Lipinski definition) is 2. The van der Waals surface area contributed by atoms with Crippen LogP contribution in [0.3, 0.4) is 0 Å². The lowest BCUT2D eigenvalue weighted by Crippen LogP contribution is -2.39. The highest BCUT2D eigenvalue weighted by Crippen LogP contribution is 2.27. The van der Waals surface area contributed by atoms with Crippen molar-refractivity contribution >= 4 is 44.6 Å². The monoisotopic (exact) mass is 443 g/mol. The summed E-state index contributed by atoms with van der Waals surface area (Å²) in [4.78, 5) is 13.8. The van der Waals surface area contributed by atoms with Gasteiger partial charge in [0.05, 0.1) is 21.6 Å². The number of halogens is 1. The number of carbonyl (C=O) groups is 1. The maximum absolute atomic E-state index is 12.7. The third-order valence-corrected chi connectivity index (χ3v) is 7.83. The van der Waals surface area contributed by atoms with Crippen molar-refractivity contribution < 1.29 is 13.2 Å². The molecule has 2 unspecified atom stereocenters. The van der Waals surface area contributed by atoms with E-state index in [0.717, 1.165) is 4.88 Å². The molecule has 6 nitrogen and oxygen atoms in total. The molecule has 1 amide bonds. The smallest absolute Gasteiger partial charge is 0.243 e. The second-order valence-electron chi connectivity index (χ2n) is 6.35. The lowest BCUT2D eigenvalue weighted by atomic mass is 10.2. The summed E-state index contributed by atoms with van der Waals surface area (Å²) in [7, 11) is -3.64. The number of nitrogens with zero attached hydrogens (tertiary/aromatic N) is 1. The Labute approximate surface area is 175 Å². The van der Waals surface area contributed by atoms with Crippen molar-refractivity contribution in [3.05, 3.63) is 45.6 Å². The maximum atomic E-state index is 12.7. The van der Waals surface area contributed by atoms with Crippen LogP contribution in [0.5, 0.6) is 0 Å². The normalized spacial score (nSPS) is 14.1. The topological polar surface area (TPSA) is 78.5 Å². The zero-order valence-corrected chi connectivity index (χ0v) is 18.8. The SMILES string of the molecule is CCN(CC)S(=O)(=O)c1ccc(Cl)c(NC(=O)C(C)NC(C)c2cccs2)c1. The van der Waals surface area contributed by atoms with Crippen LogP contribution in [0.25, 0.3) is 0 Å². The molecule has 2 aromatic rings. The minimum Gasteiger partial charge on any atom is -0.323 e. The Kier molecular flexibility index (Phi) is 8.03. The molecule has 0 saturated heterocycles. The van der Waals surface area contributed by atoms with Gasteiger partial charge in [0.15, 0.2) is 0 Å². The fourth-order valence-electron chi connectivity index (χ4n) is 2.78. The van der Waals surface area contributed by atoms with E-state index in [1.54, 1.807) is 32.1 Å². The van der Waals surface area contributed by atoms with E-state index in [1.165, 1.54) is 22.5 Å². The number of carbonyl (C=O) groups excluding carboxylic acids is 1. The molecule has 2 N–H and O–H groups in total. The van der Waals surface area contributed by atoms with E-state index < -0.39 is 16.1 Å². The van der Waals surface area contributed by atoms with Crippen molar-refractivity contribution in [2.24, 2.45) is 0 Å². The highest BCUT2D eigenvalue weighted by molar-refractivity contribution is 7.89. The first-order valence-corrected chi connectivity index (χ1v) is 11.8. The molecule has 0 aliphatic rings. The van der Waals surface area contributed by atoms with E-state index in [9.17, 15) is 13.2 Å². The molecular weight excluding hydrogens is 418 g/mol. The summed E-state index contributed by atoms with van der Waals surface area (Å²) in [6.45, 7) is 8.03. The molecule has 1 aromatic carbocycles. The summed E-state index contributed by atoms with van der Waals surface area (Å²) >= 11 is 7.80. The van der Waals surface area contributed by atoms with Crippen LogP contribution >= 0.6 is 22.9 Å². The molecule has 1 aromatic heterocycles. The van der Waals surface area contributed by atoms with Crippen molar-refractivity contribution in [1.82, 2.24) is 9.62 Å². The van der Waals surface area contributed by atoms with Crippen molar-refractivity contribution in [3.63, 3.8) is 0 Å². The van der Waals surface area contributed by atoms with Crippen molar-refractivity contribution in [3.8, 4) is 0 Å². The van der Waals surface area contributed by atoms with E-state index in [1.807, 2.05) is 24.4 Å². The van der Waals surface area contributed by atoms with Gasteiger partial charge in [0.2, 0.25) is 15.9 Å². The van der Waals surface area contributed by atoms with E-state index in [2.05, 4.69) is 10.6 Å². The average Bonchev–Trinajstić information content (AvgIpc) is 3.18. The summed E-state index contributed by atoms with van der Waals surface area (Å²) in [6.07, 6.45) is 0. The Morgan fingerprint density at radius 3 is 2.46 bits per heavy atom. The van der Waals surface area contributed by atoms with Crippen LogP contribution in [-0.2, 0) is 14.8 Å². The molecule has 0 saturated carbocycles. The third-order valence-electron chi connectivity index (χ3n) is 4.40. The van der Waals surface area contributed by atoms with Crippen LogP contribution in [0.4, 0.5) is 5.69 Å². The number of nitrogens with one attached hydrogen (secondary N) is 2. The standard InChI is InChI=1S/C19H26ClN3O3S2/c1-5-23(6-2)28(25,26)15-9-10-16(20)17(12-15)22-19(24)14(4)21-13(3)18-8-7-11-27-18/h7-14,21H,5-6H2,1-4H3,(H,22,24). The molecule has 0 spiro atoms. The van der Waals surface area contributed by atoms with Gasteiger partial charge in [0, 0.05) is 24.0 Å². The molecule has 28 heavy (non-hydrogen) atoms. The Hall–Kier alpha value is -1.45. The molecule has 0 radical (unpaired) electrons. The van der Waals surface area contributed by atoms with Gasteiger partial charge in [-0.25, -0.2) is 8.42 Å². The second kappa shape index (κ2) is 9.84. The summed E-state index contributed by atoms with van der Waals surface area (Å²) in [5, 5.41) is 8.24. The lowest BCUT2D eigenvalue weighted by molar-refractivity contribution is -0.117. The van der Waals surface area contributed by atoms with Crippen molar-refractivity contribution in [2.75, 3.05) is 18.4 Å². The fraction of sp³-hybridized carbons (Fsp3) is 0.421. The summed E-state index contributed by atoms with van der Waals surface area (Å²) in [6, 6.07) is 7.84. The van der Waals surface area contributed by atoms with Gasteiger partial charge in [0.1, 0.15) is 0 Å². The van der Waals surface area contributed by atoms with Crippen LogP contribution in [0.2, 0.25) is 5.02 Å². The van der Waals surface area contributed by atoms with E-state index >= 15 is 0 Å². The first kappa shape index (κ1) is 22.8. The second-order valence-corrected chi connectivity index (χ2v) is 9.67. The molecule has 2 atom stereocenters. The van der Waals surface area contributed by atoms with Crippen LogP contribution in [0.15, 0.2) is 40.6 Å². The highest BCUT2D eigenvalue weighted by Gasteiger charge is 2.24. The molecule has 9 heteroatoms. The molecule has 0 bridgehead atoms. The van der Waals surface area contributed by atoms with Crippen molar-refractivity contribution in [1.29, 1.82) is 0 Å². The summed E-state index contributed by atoms with van der Waals surface area (Å²) in [5.74, 6) is -0.289. The van der Waals surface area contributed by atoms with E-state index in [0.29, 0.717) is 13.1 Å². The van der Waals surface area contributed by atoms with Gasteiger partial charge in [-0.1, -0.05) is 31.5 Å². The predicted octanol–water partition coefficient (Wildman–Crippen LogP) is 4.11. The van der Waals surface area contributed by atoms with Gasteiger partial charge in [-0.3, -0.25) is 10.1 Å². The van der Waals surface area contributed by atoms with Crippen LogP contribution in [0, 0.1) is 0 Å². The molecule has 0 fully saturated rings. The molecular formula is C19H26ClN3O3S2. The maximum Gasteiger partial charge on any atom is 0.243 e. The molecule has 1 heterocycles. The number of rotatable bonds is 9. The average molecular weight is 444 g/mol. The Bertz CT molecular complexity index is 897. The fourth-order valence-corrected chi connectivity index (χ4v) is 5.18. The molecule has 0 aliphatic carbocycles. The van der Waals surface area contributed by atoms with Gasteiger partial charge in [-0.2, -0.15) is 4.31 Å². The highest BCUT2D eigenvalue weighted by atomic mass is 35.5. The number of hydrogen-bond acceptors (Lipinski definition) is 5. The Morgan fingerprint density at radius 2 is 1.89 bits per heavy atom. The summed E-state index contributed by atoms with van der Waals surface area (Å²) in [5.41, 5.74) is 0.275. The first-order chi connectivity index (χ1) is 13.2. The molecule has 154 valence electrons. The van der Waals surface area contributed by atoms with E-state index in [4.69, 9.17) is 11.6 Å². The first-order valence-electron chi connectivity index (χ1n) is 9.10. The zero-order chi connectivity index (χ0) is 20.9. The Balaban J connectivity index is 2.16. The van der Waals surface area contributed by atoms with Gasteiger partial charge in [0.25, 0.3) is 0 Å². The predicted molar refractivity (Wildman–Crippen MR) is 116 cm³/mol. The zero-order valence-electron chi connectivity index (χ0n) is 16.4. The molecule has 0 aliphatic heterocycles. The van der Waals surface area contributed by atoms with Gasteiger partial charge in [-0.15, -0.1) is 11.3 Å². The molecule has 2 rings (SSSR count). The third kappa shape index (κ3) is 5.33. The quantitative estimate of drug-likeness (QED) is 0.611. The minimum absolute atomic E-state index is 0.0191. The van der Waals surface area contributed by atoms with Crippen LogP contribution in [0.1, 0.15) is 38.6 Å². The van der Waals surface area contributed by atoms with Crippen LogP contribution < -0.4 is 10.6 Å². The van der Waals surface area contributed by atoms with Crippen molar-refractivity contribution in [2.45, 2.75) is 44.7 Å². The largest absolute Gasteiger partial charge is 0.323 e. The van der Waals surface area contributed by atoms with Gasteiger partial charge in [-0.05, 0) is 43.5 Å². The number of amides is 1. The Morgan fingerprint density at radius 1 is 1.21 bits per heavy atom. The number of sulfonamides is 1. The lowest BCUT2D eigenvalue weighted by Gasteiger charge is -2.21. The van der Waals surface area contributed by atoms with E-state index in [-0.39, 0.29) is 27.6 Å². The number of thiophene rings is 1. The van der Waals surface area contributed by atoms with Gasteiger partial charge >= 0.3 is 0 Å². The summed E-state index contributed by atoms with van der Waals surface area (Å²) < 4.78 is 26.8. The number of anilines is 1. The number of benzene rings is 1. The minimum atomic E-state index is -3.64.